The predicted octanol–water partition coefficient (Wildman–Crippen LogP) is 3.60. The molecule has 5 heteroatoms. The molecule has 1 rings (SSSR count). The first-order valence-electron chi connectivity index (χ1n) is 7.06. The SMILES string of the molecule is CC(C)(C)OC(=O)NC[C@@](C)(CF)CNc1ccccc1. The molecule has 0 aliphatic heterocycles. The lowest BCUT2D eigenvalue weighted by Crippen LogP contribution is -2.43. The van der Waals surface area contributed by atoms with Gasteiger partial charge in [0.2, 0.25) is 0 Å². The van der Waals surface area contributed by atoms with Crippen LogP contribution in [-0.4, -0.2) is 31.5 Å². The number of halogens is 1. The summed E-state index contributed by atoms with van der Waals surface area (Å²) in [5.41, 5.74) is -0.319. The Kier molecular flexibility index (Phi) is 6.00. The second-order valence-electron chi connectivity index (χ2n) is 6.52. The van der Waals surface area contributed by atoms with Crippen molar-refractivity contribution in [3.63, 3.8) is 0 Å². The highest BCUT2D eigenvalue weighted by Gasteiger charge is 2.26. The lowest BCUT2D eigenvalue weighted by atomic mass is 9.92. The molecule has 21 heavy (non-hydrogen) atoms. The standard InChI is InChI=1S/C16H25FN2O2/c1-15(2,3)21-14(20)19-12-16(4,10-17)11-18-13-8-6-5-7-9-13/h5-9,18H,10-12H2,1-4H3,(H,19,20)/t16-/m0/s1. The number of ether oxygens (including phenoxy) is 1. The topological polar surface area (TPSA) is 50.4 Å². The van der Waals surface area contributed by atoms with Gasteiger partial charge < -0.3 is 15.4 Å². The summed E-state index contributed by atoms with van der Waals surface area (Å²) in [6, 6.07) is 9.58. The van der Waals surface area contributed by atoms with Gasteiger partial charge in [-0.1, -0.05) is 25.1 Å². The molecule has 1 atom stereocenters. The van der Waals surface area contributed by atoms with Crippen LogP contribution in [0.1, 0.15) is 27.7 Å². The number of alkyl halides is 1. The van der Waals surface area contributed by atoms with E-state index < -0.39 is 23.8 Å². The first-order chi connectivity index (χ1) is 9.74. The van der Waals surface area contributed by atoms with Gasteiger partial charge in [-0.3, -0.25) is 4.39 Å². The lowest BCUT2D eigenvalue weighted by molar-refractivity contribution is 0.0499. The molecule has 0 aliphatic carbocycles. The summed E-state index contributed by atoms with van der Waals surface area (Å²) in [4.78, 5) is 11.6. The highest BCUT2D eigenvalue weighted by molar-refractivity contribution is 5.67. The molecule has 1 aromatic carbocycles. The molecule has 118 valence electrons. The quantitative estimate of drug-likeness (QED) is 0.843. The molecule has 0 saturated carbocycles. The Bertz CT molecular complexity index is 445. The maximum absolute atomic E-state index is 13.3. The summed E-state index contributed by atoms with van der Waals surface area (Å²) in [6.07, 6.45) is -0.526. The van der Waals surface area contributed by atoms with Crippen LogP contribution in [0.3, 0.4) is 0 Å². The molecule has 0 saturated heterocycles. The molecule has 0 heterocycles. The Labute approximate surface area is 126 Å². The van der Waals surface area contributed by atoms with Gasteiger partial charge >= 0.3 is 6.09 Å². The number of para-hydroxylation sites is 1. The fourth-order valence-corrected chi connectivity index (χ4v) is 1.63. The van der Waals surface area contributed by atoms with Crippen molar-refractivity contribution in [3.8, 4) is 0 Å². The summed E-state index contributed by atoms with van der Waals surface area (Å²) < 4.78 is 18.4. The van der Waals surface area contributed by atoms with E-state index in [2.05, 4.69) is 10.6 Å². The summed E-state index contributed by atoms with van der Waals surface area (Å²) in [7, 11) is 0. The molecule has 1 aromatic rings. The van der Waals surface area contributed by atoms with E-state index in [1.54, 1.807) is 27.7 Å². The maximum atomic E-state index is 13.3. The molecule has 1 amide bonds. The van der Waals surface area contributed by atoms with Gasteiger partial charge in [0.25, 0.3) is 0 Å². The smallest absolute Gasteiger partial charge is 0.407 e. The van der Waals surface area contributed by atoms with E-state index in [0.29, 0.717) is 6.54 Å². The number of benzene rings is 1. The number of alkyl carbamates (subject to hydrolysis) is 1. The fourth-order valence-electron chi connectivity index (χ4n) is 1.63. The number of nitrogens with one attached hydrogen (secondary N) is 2. The van der Waals surface area contributed by atoms with Gasteiger partial charge in [0.1, 0.15) is 5.60 Å². The van der Waals surface area contributed by atoms with E-state index in [-0.39, 0.29) is 6.54 Å². The number of carbonyl (C=O) groups is 1. The van der Waals surface area contributed by atoms with E-state index in [9.17, 15) is 9.18 Å². The van der Waals surface area contributed by atoms with Gasteiger partial charge in [0, 0.05) is 24.2 Å². The van der Waals surface area contributed by atoms with Crippen LogP contribution in [0.15, 0.2) is 30.3 Å². The largest absolute Gasteiger partial charge is 0.444 e. The molecule has 0 bridgehead atoms. The third kappa shape index (κ3) is 6.97. The monoisotopic (exact) mass is 296 g/mol. The Balaban J connectivity index is 2.46. The average molecular weight is 296 g/mol. The minimum atomic E-state index is -0.688. The number of anilines is 1. The molecule has 0 unspecified atom stereocenters. The van der Waals surface area contributed by atoms with E-state index in [1.165, 1.54) is 0 Å². The second kappa shape index (κ2) is 7.29. The maximum Gasteiger partial charge on any atom is 0.407 e. The summed E-state index contributed by atoms with van der Waals surface area (Å²) in [6.45, 7) is 7.23. The van der Waals surface area contributed by atoms with Crippen molar-refractivity contribution in [1.82, 2.24) is 5.32 Å². The minimum Gasteiger partial charge on any atom is -0.444 e. The van der Waals surface area contributed by atoms with Crippen LogP contribution in [0.25, 0.3) is 0 Å². The zero-order valence-corrected chi connectivity index (χ0v) is 13.2. The molecule has 0 fully saturated rings. The number of hydrogen-bond acceptors (Lipinski definition) is 3. The van der Waals surface area contributed by atoms with E-state index >= 15 is 0 Å². The number of carbonyl (C=O) groups excluding carboxylic acids is 1. The zero-order valence-electron chi connectivity index (χ0n) is 13.2. The minimum absolute atomic E-state index is 0.207. The zero-order chi connectivity index (χ0) is 15.9. The summed E-state index contributed by atoms with van der Waals surface area (Å²) >= 11 is 0. The summed E-state index contributed by atoms with van der Waals surface area (Å²) in [5, 5.41) is 5.80. The van der Waals surface area contributed by atoms with Crippen LogP contribution < -0.4 is 10.6 Å². The van der Waals surface area contributed by atoms with Crippen molar-refractivity contribution in [1.29, 1.82) is 0 Å². The molecule has 0 aliphatic rings. The third-order valence-electron chi connectivity index (χ3n) is 2.87. The van der Waals surface area contributed by atoms with Crippen molar-refractivity contribution in [2.24, 2.45) is 5.41 Å². The molecule has 0 spiro atoms. The van der Waals surface area contributed by atoms with Crippen molar-refractivity contribution >= 4 is 11.8 Å². The van der Waals surface area contributed by atoms with Gasteiger partial charge in [0.15, 0.2) is 0 Å². The molecule has 0 radical (unpaired) electrons. The van der Waals surface area contributed by atoms with Crippen LogP contribution in [0.2, 0.25) is 0 Å². The number of hydrogen-bond donors (Lipinski definition) is 2. The van der Waals surface area contributed by atoms with Gasteiger partial charge in [-0.25, -0.2) is 4.79 Å². The predicted molar refractivity (Wildman–Crippen MR) is 83.3 cm³/mol. The Morgan fingerprint density at radius 3 is 2.29 bits per heavy atom. The Hall–Kier alpha value is -1.78. The van der Waals surface area contributed by atoms with Gasteiger partial charge in [0.05, 0.1) is 6.67 Å². The fraction of sp³-hybridized carbons (Fsp3) is 0.562. The molecule has 0 aromatic heterocycles. The van der Waals surface area contributed by atoms with E-state index in [4.69, 9.17) is 4.74 Å². The molecule has 4 nitrogen and oxygen atoms in total. The van der Waals surface area contributed by atoms with Crippen LogP contribution in [-0.2, 0) is 4.74 Å². The van der Waals surface area contributed by atoms with Crippen molar-refractivity contribution < 1.29 is 13.9 Å². The Morgan fingerprint density at radius 1 is 1.14 bits per heavy atom. The molecular weight excluding hydrogens is 271 g/mol. The van der Waals surface area contributed by atoms with Crippen molar-refractivity contribution in [2.45, 2.75) is 33.3 Å². The first-order valence-corrected chi connectivity index (χ1v) is 7.06. The second-order valence-corrected chi connectivity index (χ2v) is 6.52. The summed E-state index contributed by atoms with van der Waals surface area (Å²) in [5.74, 6) is 0. The first kappa shape index (κ1) is 17.3. The van der Waals surface area contributed by atoms with Crippen molar-refractivity contribution in [3.05, 3.63) is 30.3 Å². The van der Waals surface area contributed by atoms with Crippen LogP contribution in [0, 0.1) is 5.41 Å². The number of amides is 1. The molecular formula is C16H25FN2O2. The normalized spacial score (nSPS) is 14.1. The van der Waals surface area contributed by atoms with Crippen LogP contribution >= 0.6 is 0 Å². The van der Waals surface area contributed by atoms with Gasteiger partial charge in [-0.15, -0.1) is 0 Å². The number of rotatable bonds is 6. The third-order valence-corrected chi connectivity index (χ3v) is 2.87. The van der Waals surface area contributed by atoms with Gasteiger partial charge in [-0.2, -0.15) is 0 Å². The average Bonchev–Trinajstić information content (AvgIpc) is 2.42. The van der Waals surface area contributed by atoms with E-state index in [1.807, 2.05) is 30.3 Å². The van der Waals surface area contributed by atoms with Crippen LogP contribution in [0.4, 0.5) is 14.9 Å². The van der Waals surface area contributed by atoms with Crippen LogP contribution in [0.5, 0.6) is 0 Å². The van der Waals surface area contributed by atoms with E-state index in [0.717, 1.165) is 5.69 Å². The van der Waals surface area contributed by atoms with Gasteiger partial charge in [-0.05, 0) is 32.9 Å². The molecule has 2 N–H and O–H groups in total. The Morgan fingerprint density at radius 2 is 1.76 bits per heavy atom. The highest BCUT2D eigenvalue weighted by atomic mass is 19.1. The lowest BCUT2D eigenvalue weighted by Gasteiger charge is -2.28. The van der Waals surface area contributed by atoms with Crippen molar-refractivity contribution in [2.75, 3.05) is 25.1 Å². The highest BCUT2D eigenvalue weighted by Crippen LogP contribution is 2.18.